The molecule has 47 heavy (non-hydrogen) atoms. The number of rotatable bonds is 9. The molecule has 0 radical (unpaired) electrons. The first kappa shape index (κ1) is 32.2. The average molecular weight is 645 g/mol. The fourth-order valence-corrected chi connectivity index (χ4v) is 8.42. The number of anilines is 4. The fourth-order valence-electron chi connectivity index (χ4n) is 8.42. The highest BCUT2D eigenvalue weighted by Gasteiger charge is 2.39. The first-order valence-corrected chi connectivity index (χ1v) is 18.0. The zero-order chi connectivity index (χ0) is 32.5. The minimum absolute atomic E-state index is 0.0557. The van der Waals surface area contributed by atoms with Gasteiger partial charge in [-0.05, 0) is 120 Å². The molecule has 2 aromatic rings. The van der Waals surface area contributed by atoms with E-state index < -0.39 is 0 Å². The molecule has 254 valence electrons. The van der Waals surface area contributed by atoms with Crippen molar-refractivity contribution in [1.29, 1.82) is 0 Å². The number of carbonyl (C=O) groups excluding carboxylic acids is 2. The number of fused-ring (bicyclic) bond motifs is 1. The Morgan fingerprint density at radius 3 is 2.36 bits per heavy atom. The third-order valence-electron chi connectivity index (χ3n) is 11.4. The van der Waals surface area contributed by atoms with Gasteiger partial charge in [0.25, 0.3) is 5.91 Å². The van der Waals surface area contributed by atoms with Crippen molar-refractivity contribution in [2.75, 3.05) is 55.6 Å². The Labute approximate surface area is 279 Å². The van der Waals surface area contributed by atoms with E-state index in [1.54, 1.807) is 18.1 Å². The van der Waals surface area contributed by atoms with Crippen LogP contribution in [0, 0.1) is 11.8 Å². The van der Waals surface area contributed by atoms with Crippen LogP contribution in [0.4, 0.5) is 23.0 Å². The first-order valence-electron chi connectivity index (χ1n) is 18.0. The number of nitrogens with zero attached hydrogens (tertiary/aromatic N) is 4. The Balaban J connectivity index is 0.968. The highest BCUT2D eigenvalue weighted by molar-refractivity contribution is 6.04. The molecule has 4 fully saturated rings. The molecule has 4 heterocycles. The zero-order valence-corrected chi connectivity index (χ0v) is 28.4. The van der Waals surface area contributed by atoms with Gasteiger partial charge >= 0.3 is 0 Å². The third kappa shape index (κ3) is 7.09. The van der Waals surface area contributed by atoms with Crippen molar-refractivity contribution in [2.24, 2.45) is 11.8 Å². The number of benzene rings is 1. The number of carbonyl (C=O) groups is 2. The number of likely N-dealkylation sites (tertiary alicyclic amines) is 1. The second kappa shape index (κ2) is 14.0. The van der Waals surface area contributed by atoms with E-state index in [0.717, 1.165) is 67.6 Å². The predicted octanol–water partition coefficient (Wildman–Crippen LogP) is 5.74. The van der Waals surface area contributed by atoms with E-state index in [4.69, 9.17) is 14.5 Å². The third-order valence-corrected chi connectivity index (χ3v) is 11.4. The minimum Gasteiger partial charge on any atom is -0.495 e. The smallest absolute Gasteiger partial charge is 0.251 e. The largest absolute Gasteiger partial charge is 0.495 e. The molecule has 2 saturated heterocycles. The molecule has 0 spiro atoms. The fraction of sp³-hybridized carbons (Fsp3) is 0.649. The molecule has 2 aliphatic carbocycles. The molecular weight excluding hydrogens is 592 g/mol. The van der Waals surface area contributed by atoms with Crippen LogP contribution in [0.2, 0.25) is 0 Å². The lowest BCUT2D eigenvalue weighted by Gasteiger charge is -2.44. The SMILES string of the molecule is COc1cc(C(=O)NC2CCC(N3CCC(CC4CC4)CC3)CC2)ccc1Nc1ccc2c(n1)N(C1CCOCC1)[C@H](C)C(=O)N2C. The summed E-state index contributed by atoms with van der Waals surface area (Å²) < 4.78 is 11.3. The second-order valence-corrected chi connectivity index (χ2v) is 14.5. The van der Waals surface area contributed by atoms with Gasteiger partial charge < -0.3 is 34.8 Å². The van der Waals surface area contributed by atoms with Crippen LogP contribution in [0.1, 0.15) is 87.9 Å². The molecule has 3 aliphatic heterocycles. The number of hydrogen-bond acceptors (Lipinski definition) is 8. The number of amides is 2. The highest BCUT2D eigenvalue weighted by Crippen LogP contribution is 2.40. The van der Waals surface area contributed by atoms with Crippen molar-refractivity contribution in [1.82, 2.24) is 15.2 Å². The predicted molar refractivity (Wildman–Crippen MR) is 185 cm³/mol. The highest BCUT2D eigenvalue weighted by atomic mass is 16.5. The van der Waals surface area contributed by atoms with Crippen molar-refractivity contribution in [3.8, 4) is 5.75 Å². The summed E-state index contributed by atoms with van der Waals surface area (Å²) in [6.45, 7) is 5.83. The van der Waals surface area contributed by atoms with Gasteiger partial charge in [-0.1, -0.05) is 12.8 Å². The Kier molecular flexibility index (Phi) is 9.59. The van der Waals surface area contributed by atoms with Crippen LogP contribution in [-0.4, -0.2) is 86.3 Å². The lowest BCUT2D eigenvalue weighted by Crippen LogP contribution is -2.56. The second-order valence-electron chi connectivity index (χ2n) is 14.5. The maximum absolute atomic E-state index is 13.3. The number of ether oxygens (including phenoxy) is 2. The van der Waals surface area contributed by atoms with Crippen molar-refractivity contribution in [2.45, 2.75) is 102 Å². The standard InChI is InChI=1S/C37H52N6O4/c1-24-37(45)41(2)32-12-13-34(40-35(32)43(24)30-16-20-47-21-17-30)39-31-11-6-27(23-33(31)46-3)36(44)38-28-7-9-29(10-8-28)42-18-14-26(15-19-42)22-25-4-5-25/h6,11-13,23-26,28-30H,4-5,7-10,14-22H2,1-3H3,(H,38,44)(H,39,40)/t24-,28?,29?/m1/s1. The number of nitrogens with one attached hydrogen (secondary N) is 2. The van der Waals surface area contributed by atoms with Crippen LogP contribution in [0.25, 0.3) is 0 Å². The molecule has 0 bridgehead atoms. The molecule has 0 unspecified atom stereocenters. The summed E-state index contributed by atoms with van der Waals surface area (Å²) in [6.07, 6.45) is 13.2. The topological polar surface area (TPSA) is 99.3 Å². The first-order chi connectivity index (χ1) is 22.9. The summed E-state index contributed by atoms with van der Waals surface area (Å²) >= 11 is 0. The molecule has 2 saturated carbocycles. The molecule has 7 rings (SSSR count). The number of aromatic nitrogens is 1. The van der Waals surface area contributed by atoms with Crippen LogP contribution in [0.5, 0.6) is 5.75 Å². The van der Waals surface area contributed by atoms with Crippen molar-refractivity contribution >= 4 is 34.8 Å². The zero-order valence-electron chi connectivity index (χ0n) is 28.4. The molecule has 1 aromatic heterocycles. The Morgan fingerprint density at radius 1 is 0.936 bits per heavy atom. The van der Waals surface area contributed by atoms with E-state index in [1.807, 2.05) is 38.2 Å². The van der Waals surface area contributed by atoms with Gasteiger partial charge in [-0.3, -0.25) is 9.59 Å². The number of methoxy groups -OCH3 is 1. The Bertz CT molecular complexity index is 1430. The summed E-state index contributed by atoms with van der Waals surface area (Å²) in [5, 5.41) is 6.71. The van der Waals surface area contributed by atoms with E-state index in [2.05, 4.69) is 20.4 Å². The molecule has 2 N–H and O–H groups in total. The van der Waals surface area contributed by atoms with Crippen LogP contribution in [0.3, 0.4) is 0 Å². The monoisotopic (exact) mass is 644 g/mol. The van der Waals surface area contributed by atoms with E-state index in [0.29, 0.717) is 36.4 Å². The van der Waals surface area contributed by atoms with Crippen LogP contribution in [0.15, 0.2) is 30.3 Å². The van der Waals surface area contributed by atoms with Gasteiger partial charge in [-0.15, -0.1) is 0 Å². The van der Waals surface area contributed by atoms with Gasteiger partial charge in [0, 0.05) is 44.0 Å². The minimum atomic E-state index is -0.310. The number of pyridine rings is 1. The number of likely N-dealkylation sites (N-methyl/N-ethyl adjacent to an activating group) is 1. The summed E-state index contributed by atoms with van der Waals surface area (Å²) in [7, 11) is 3.43. The van der Waals surface area contributed by atoms with E-state index in [-0.39, 0.29) is 29.9 Å². The average Bonchev–Trinajstić information content (AvgIpc) is 3.93. The Hall–Kier alpha value is -3.37. The van der Waals surface area contributed by atoms with Gasteiger partial charge in [-0.2, -0.15) is 0 Å². The summed E-state index contributed by atoms with van der Waals surface area (Å²) in [6, 6.07) is 10.1. The molecule has 1 aromatic carbocycles. The molecular formula is C37H52N6O4. The van der Waals surface area contributed by atoms with Crippen molar-refractivity contribution in [3.63, 3.8) is 0 Å². The Morgan fingerprint density at radius 2 is 1.66 bits per heavy atom. The van der Waals surface area contributed by atoms with Gasteiger partial charge in [-0.25, -0.2) is 4.98 Å². The normalized spacial score (nSPS) is 26.2. The summed E-state index contributed by atoms with van der Waals surface area (Å²) in [5.41, 5.74) is 2.11. The van der Waals surface area contributed by atoms with Gasteiger partial charge in [0.15, 0.2) is 5.82 Å². The van der Waals surface area contributed by atoms with E-state index in [9.17, 15) is 9.59 Å². The summed E-state index contributed by atoms with van der Waals surface area (Å²) in [5.74, 6) is 4.02. The van der Waals surface area contributed by atoms with Gasteiger partial charge in [0.05, 0.1) is 18.5 Å². The van der Waals surface area contributed by atoms with Crippen LogP contribution in [-0.2, 0) is 9.53 Å². The van der Waals surface area contributed by atoms with Crippen LogP contribution >= 0.6 is 0 Å². The van der Waals surface area contributed by atoms with Gasteiger partial charge in [0.2, 0.25) is 5.91 Å². The van der Waals surface area contributed by atoms with Gasteiger partial charge in [0.1, 0.15) is 17.6 Å². The molecule has 10 heteroatoms. The lowest BCUT2D eigenvalue weighted by atomic mass is 9.86. The van der Waals surface area contributed by atoms with E-state index in [1.165, 1.54) is 45.2 Å². The van der Waals surface area contributed by atoms with Crippen molar-refractivity contribution < 1.29 is 19.1 Å². The molecule has 1 atom stereocenters. The number of hydrogen-bond donors (Lipinski definition) is 2. The van der Waals surface area contributed by atoms with Crippen LogP contribution < -0.4 is 25.2 Å². The molecule has 5 aliphatic rings. The van der Waals surface area contributed by atoms with Crippen molar-refractivity contribution in [3.05, 3.63) is 35.9 Å². The maximum Gasteiger partial charge on any atom is 0.251 e. The molecule has 10 nitrogen and oxygen atoms in total. The summed E-state index contributed by atoms with van der Waals surface area (Å²) in [4.78, 5) is 38.0. The lowest BCUT2D eigenvalue weighted by molar-refractivity contribution is -0.119. The maximum atomic E-state index is 13.3. The quantitative estimate of drug-likeness (QED) is 0.357. The van der Waals surface area contributed by atoms with E-state index >= 15 is 0 Å². The molecule has 2 amide bonds. The number of piperidine rings is 1.